The van der Waals surface area contributed by atoms with Gasteiger partial charge in [-0.25, -0.2) is 9.59 Å². The lowest BCUT2D eigenvalue weighted by atomic mass is 9.93. The third-order valence-electron chi connectivity index (χ3n) is 14.2. The summed E-state index contributed by atoms with van der Waals surface area (Å²) in [5, 5.41) is 71.9. The Balaban J connectivity index is 4.07. The molecule has 12 N–H and O–H groups in total. The van der Waals surface area contributed by atoms with Gasteiger partial charge in [0.1, 0.15) is 36.9 Å². The standard InChI is InChI=1S/C59H102N6O22/c1-42(66)45(57(78)79)24-27-49(68)46(60-2)19-17-18-30-61-50(69)28-22-43(56(76)77)39-44(67)23-25-47(58(80)81)65-54(73)41-87-38-36-85-34-32-63-53(72)40-86-37-35-84-33-31-62-51(70)29-26-48(59(82)83)64-52(71)20-15-13-11-9-7-5-3-4-6-8-10-12-14-16-21-55(74)75/h42-43,45-48,60,66H,3-41H2,1-2H3,(H,61,69)(H,62,70)(H,63,72)(H,64,71)(H,65,73)(H,74,75)(H,76,77)(H,78,79)(H,80,81)(H,82,83)/t42-,43-,45+,46+,47+,48+/m1/s1. The van der Waals surface area contributed by atoms with Crippen molar-refractivity contribution < 1.29 is 107 Å². The maximum atomic E-state index is 12.7. The molecular formula is C59H102N6O22. The fourth-order valence-corrected chi connectivity index (χ4v) is 9.01. The van der Waals surface area contributed by atoms with Gasteiger partial charge < -0.3 is 81.5 Å². The van der Waals surface area contributed by atoms with Crippen molar-refractivity contribution in [2.75, 3.05) is 79.5 Å². The number of carbonyl (C=O) groups is 12. The number of amides is 5. The van der Waals surface area contributed by atoms with Gasteiger partial charge in [0.05, 0.1) is 63.6 Å². The van der Waals surface area contributed by atoms with Crippen LogP contribution >= 0.6 is 0 Å². The summed E-state index contributed by atoms with van der Waals surface area (Å²) in [7, 11) is 1.60. The second-order valence-corrected chi connectivity index (χ2v) is 21.6. The molecule has 28 heteroatoms. The zero-order valence-electron chi connectivity index (χ0n) is 51.3. The van der Waals surface area contributed by atoms with E-state index >= 15 is 0 Å². The quantitative estimate of drug-likeness (QED) is 0.0389. The van der Waals surface area contributed by atoms with E-state index in [0.717, 1.165) is 51.4 Å². The third kappa shape index (κ3) is 47.5. The summed E-state index contributed by atoms with van der Waals surface area (Å²) >= 11 is 0. The molecule has 0 heterocycles. The van der Waals surface area contributed by atoms with Crippen molar-refractivity contribution in [3.8, 4) is 0 Å². The minimum absolute atomic E-state index is 0.00301. The van der Waals surface area contributed by atoms with Crippen LogP contribution in [-0.4, -0.2) is 205 Å². The van der Waals surface area contributed by atoms with E-state index in [2.05, 4.69) is 31.9 Å². The van der Waals surface area contributed by atoms with Crippen molar-refractivity contribution in [1.82, 2.24) is 31.9 Å². The number of carbonyl (C=O) groups excluding carboxylic acids is 7. The first-order valence-corrected chi connectivity index (χ1v) is 30.8. The van der Waals surface area contributed by atoms with Crippen molar-refractivity contribution in [3.05, 3.63) is 0 Å². The second kappa shape index (κ2) is 52.9. The Bertz CT molecular complexity index is 2030. The van der Waals surface area contributed by atoms with Gasteiger partial charge >= 0.3 is 29.8 Å². The lowest BCUT2D eigenvalue weighted by Gasteiger charge is -2.18. The van der Waals surface area contributed by atoms with Crippen molar-refractivity contribution in [2.24, 2.45) is 11.8 Å². The topological polar surface area (TPSA) is 435 Å². The van der Waals surface area contributed by atoms with Crippen LogP contribution in [0.3, 0.4) is 0 Å². The van der Waals surface area contributed by atoms with Gasteiger partial charge in [0.25, 0.3) is 0 Å². The average Bonchev–Trinajstić information content (AvgIpc) is 3.52. The van der Waals surface area contributed by atoms with Gasteiger partial charge in [-0.15, -0.1) is 0 Å². The highest BCUT2D eigenvalue weighted by atomic mass is 16.5. The Kier molecular flexibility index (Phi) is 49.1. The fourth-order valence-electron chi connectivity index (χ4n) is 9.01. The molecule has 0 saturated heterocycles. The van der Waals surface area contributed by atoms with Gasteiger partial charge in [0, 0.05) is 64.6 Å². The molecule has 0 saturated carbocycles. The molecule has 5 amide bonds. The number of nitrogens with one attached hydrogen (secondary N) is 6. The zero-order chi connectivity index (χ0) is 65.0. The number of likely N-dealkylation sites (N-methyl/N-ethyl adjacent to an activating group) is 1. The van der Waals surface area contributed by atoms with Gasteiger partial charge in [-0.05, 0) is 71.8 Å². The Morgan fingerprint density at radius 3 is 1.31 bits per heavy atom. The minimum atomic E-state index is -1.47. The fraction of sp³-hybridized carbons (Fsp3) is 0.797. The molecule has 0 bridgehead atoms. The van der Waals surface area contributed by atoms with Crippen molar-refractivity contribution in [1.29, 1.82) is 0 Å². The van der Waals surface area contributed by atoms with Crippen LogP contribution in [-0.2, 0) is 76.5 Å². The normalized spacial score (nSPS) is 13.2. The number of aliphatic hydroxyl groups excluding tert-OH is 1. The Labute approximate surface area is 510 Å². The molecule has 0 aliphatic heterocycles. The highest BCUT2D eigenvalue weighted by Gasteiger charge is 2.28. The molecule has 0 unspecified atom stereocenters. The summed E-state index contributed by atoms with van der Waals surface area (Å²) in [6, 6.07) is -3.19. The molecule has 0 radical (unpaired) electrons. The SMILES string of the molecule is CN[C@@H](CCCCNC(=O)CC[C@H](CC(=O)CC[C@H](NC(=O)COCCOCCNC(=O)COCCOCCNC(=O)CC[C@H](NC(=O)CCCCCCCCCCCCCCCCC(=O)O)C(=O)O)C(=O)O)C(=O)O)C(=O)CC[C@H](C(=O)O)[C@@H](C)O. The van der Waals surface area contributed by atoms with E-state index in [-0.39, 0.29) is 142 Å². The Hall–Kier alpha value is -6.20. The molecule has 500 valence electrons. The smallest absolute Gasteiger partial charge is 0.326 e. The number of Topliss-reactive ketones (excluding diaryl/α,β-unsaturated/α-hetero) is 2. The number of unbranched alkanes of at least 4 members (excludes halogenated alkanes) is 14. The lowest BCUT2D eigenvalue weighted by molar-refractivity contribution is -0.146. The largest absolute Gasteiger partial charge is 0.481 e. The number of hydrogen-bond acceptors (Lipinski definition) is 18. The molecule has 0 spiro atoms. The molecule has 0 aromatic carbocycles. The number of ether oxygens (including phenoxy) is 4. The predicted molar refractivity (Wildman–Crippen MR) is 315 cm³/mol. The molecule has 0 aliphatic carbocycles. The number of hydrogen-bond donors (Lipinski definition) is 12. The van der Waals surface area contributed by atoms with E-state index in [4.69, 9.17) is 24.1 Å². The molecule has 0 aromatic heterocycles. The molecule has 87 heavy (non-hydrogen) atoms. The number of carboxylic acids is 5. The van der Waals surface area contributed by atoms with Crippen LogP contribution in [0.5, 0.6) is 0 Å². The molecule has 0 aliphatic rings. The summed E-state index contributed by atoms with van der Waals surface area (Å²) in [4.78, 5) is 144. The first-order chi connectivity index (χ1) is 41.6. The maximum Gasteiger partial charge on any atom is 0.326 e. The van der Waals surface area contributed by atoms with Crippen LogP contribution in [0.4, 0.5) is 0 Å². The summed E-state index contributed by atoms with van der Waals surface area (Å²) in [5.41, 5.74) is 0. The summed E-state index contributed by atoms with van der Waals surface area (Å²) in [5.74, 6) is -11.3. The number of aliphatic carboxylic acids is 5. The van der Waals surface area contributed by atoms with Gasteiger partial charge in [0.15, 0.2) is 0 Å². The molecule has 0 fully saturated rings. The van der Waals surface area contributed by atoms with E-state index < -0.39 is 108 Å². The molecular weight excluding hydrogens is 1140 g/mol. The van der Waals surface area contributed by atoms with E-state index in [9.17, 15) is 83.1 Å². The Morgan fingerprint density at radius 1 is 0.379 bits per heavy atom. The van der Waals surface area contributed by atoms with Crippen LogP contribution in [0, 0.1) is 11.8 Å². The molecule has 6 atom stereocenters. The van der Waals surface area contributed by atoms with Crippen LogP contribution in [0.25, 0.3) is 0 Å². The van der Waals surface area contributed by atoms with Crippen molar-refractivity contribution in [2.45, 2.75) is 211 Å². The molecule has 0 rings (SSSR count). The first kappa shape index (κ1) is 80.8. The van der Waals surface area contributed by atoms with E-state index in [1.807, 2.05) is 0 Å². The van der Waals surface area contributed by atoms with Crippen LogP contribution in [0.2, 0.25) is 0 Å². The highest BCUT2D eigenvalue weighted by Crippen LogP contribution is 2.18. The highest BCUT2D eigenvalue weighted by molar-refractivity contribution is 5.88. The number of carboxylic acid groups (broad SMARTS) is 5. The Morgan fingerprint density at radius 2 is 0.828 bits per heavy atom. The summed E-state index contributed by atoms with van der Waals surface area (Å²) in [6.07, 6.45) is 13.8. The van der Waals surface area contributed by atoms with Crippen LogP contribution in [0.1, 0.15) is 187 Å². The minimum Gasteiger partial charge on any atom is -0.481 e. The second-order valence-electron chi connectivity index (χ2n) is 21.6. The third-order valence-corrected chi connectivity index (χ3v) is 14.2. The molecule has 0 aromatic rings. The zero-order valence-corrected chi connectivity index (χ0v) is 51.3. The van der Waals surface area contributed by atoms with Gasteiger partial charge in [-0.3, -0.25) is 47.9 Å². The maximum absolute atomic E-state index is 12.7. The monoisotopic (exact) mass is 1250 g/mol. The van der Waals surface area contributed by atoms with Gasteiger partial charge in [-0.1, -0.05) is 77.0 Å². The van der Waals surface area contributed by atoms with Crippen LogP contribution < -0.4 is 31.9 Å². The van der Waals surface area contributed by atoms with E-state index in [0.29, 0.717) is 25.7 Å². The van der Waals surface area contributed by atoms with Gasteiger partial charge in [0.2, 0.25) is 29.5 Å². The van der Waals surface area contributed by atoms with E-state index in [1.165, 1.54) is 39.0 Å². The predicted octanol–water partition coefficient (Wildman–Crippen LogP) is 3.06. The van der Waals surface area contributed by atoms with Crippen LogP contribution in [0.15, 0.2) is 0 Å². The number of rotatable bonds is 61. The average molecular weight is 1250 g/mol. The van der Waals surface area contributed by atoms with Crippen molar-refractivity contribution >= 4 is 70.9 Å². The molecule has 28 nitrogen and oxygen atoms in total. The van der Waals surface area contributed by atoms with E-state index in [1.54, 1.807) is 7.05 Å². The van der Waals surface area contributed by atoms with Gasteiger partial charge in [-0.2, -0.15) is 0 Å². The first-order valence-electron chi connectivity index (χ1n) is 30.8. The summed E-state index contributed by atoms with van der Waals surface area (Å²) in [6.45, 7) is 1.51. The number of ketones is 2. The number of aliphatic hydroxyl groups is 1. The lowest BCUT2D eigenvalue weighted by Crippen LogP contribution is -2.43. The summed E-state index contributed by atoms with van der Waals surface area (Å²) < 4.78 is 21.2. The van der Waals surface area contributed by atoms with Crippen molar-refractivity contribution in [3.63, 3.8) is 0 Å².